The second-order valence-electron chi connectivity index (χ2n) is 4.77. The number of aromatic nitrogens is 2. The van der Waals surface area contributed by atoms with Gasteiger partial charge in [-0.15, -0.1) is 0 Å². The normalized spacial score (nSPS) is 14.4. The van der Waals surface area contributed by atoms with Gasteiger partial charge in [-0.05, 0) is 37.6 Å². The van der Waals surface area contributed by atoms with E-state index in [0.717, 1.165) is 17.7 Å². The molecule has 2 N–H and O–H groups in total. The van der Waals surface area contributed by atoms with Crippen molar-refractivity contribution in [2.24, 2.45) is 12.8 Å². The van der Waals surface area contributed by atoms with Gasteiger partial charge in [0.15, 0.2) is 0 Å². The largest absolute Gasteiger partial charge is 0.337 e. The van der Waals surface area contributed by atoms with E-state index in [1.165, 1.54) is 6.07 Å². The van der Waals surface area contributed by atoms with Crippen molar-refractivity contribution in [3.8, 4) is 0 Å². The maximum absolute atomic E-state index is 13.4. The summed E-state index contributed by atoms with van der Waals surface area (Å²) in [6, 6.07) is 6.69. The highest BCUT2D eigenvalue weighted by Gasteiger charge is 2.31. The van der Waals surface area contributed by atoms with Gasteiger partial charge in [-0.1, -0.05) is 12.1 Å². The minimum absolute atomic E-state index is 0.224. The van der Waals surface area contributed by atoms with Gasteiger partial charge in [-0.25, -0.2) is 9.37 Å². The first-order valence-corrected chi connectivity index (χ1v) is 6.01. The standard InChI is InChI=1S/C14H18FN3/c1-14(6-7-16,13-9-17-10-18(13)2)11-4-3-5-12(15)8-11/h3-5,8-10H,6-7,16H2,1-2H3. The second-order valence-corrected chi connectivity index (χ2v) is 4.77. The molecule has 0 saturated heterocycles. The van der Waals surface area contributed by atoms with Crippen LogP contribution in [0, 0.1) is 5.82 Å². The molecular formula is C14H18FN3. The summed E-state index contributed by atoms with van der Waals surface area (Å²) in [5, 5.41) is 0. The molecule has 0 spiro atoms. The summed E-state index contributed by atoms with van der Waals surface area (Å²) in [6.07, 6.45) is 4.32. The van der Waals surface area contributed by atoms with Gasteiger partial charge in [0.2, 0.25) is 0 Å². The number of nitrogens with zero attached hydrogens (tertiary/aromatic N) is 2. The van der Waals surface area contributed by atoms with E-state index in [2.05, 4.69) is 11.9 Å². The van der Waals surface area contributed by atoms with Crippen molar-refractivity contribution in [1.82, 2.24) is 9.55 Å². The summed E-state index contributed by atoms with van der Waals surface area (Å²) >= 11 is 0. The first kappa shape index (κ1) is 12.8. The maximum Gasteiger partial charge on any atom is 0.123 e. The predicted molar refractivity (Wildman–Crippen MR) is 69.7 cm³/mol. The Kier molecular flexibility index (Phi) is 3.48. The molecular weight excluding hydrogens is 229 g/mol. The van der Waals surface area contributed by atoms with Crippen LogP contribution in [0.1, 0.15) is 24.6 Å². The third kappa shape index (κ3) is 2.16. The minimum atomic E-state index is -0.317. The Morgan fingerprint density at radius 3 is 2.78 bits per heavy atom. The van der Waals surface area contributed by atoms with Gasteiger partial charge in [0.25, 0.3) is 0 Å². The van der Waals surface area contributed by atoms with Crippen LogP contribution < -0.4 is 5.73 Å². The van der Waals surface area contributed by atoms with Gasteiger partial charge in [-0.3, -0.25) is 0 Å². The van der Waals surface area contributed by atoms with Crippen LogP contribution in [0.4, 0.5) is 4.39 Å². The van der Waals surface area contributed by atoms with Crippen molar-refractivity contribution >= 4 is 0 Å². The quantitative estimate of drug-likeness (QED) is 0.900. The zero-order valence-corrected chi connectivity index (χ0v) is 10.7. The second kappa shape index (κ2) is 4.90. The zero-order valence-electron chi connectivity index (χ0n) is 10.7. The van der Waals surface area contributed by atoms with Crippen LogP contribution in [0.5, 0.6) is 0 Å². The minimum Gasteiger partial charge on any atom is -0.337 e. The fourth-order valence-corrected chi connectivity index (χ4v) is 2.43. The molecule has 0 bridgehead atoms. The fourth-order valence-electron chi connectivity index (χ4n) is 2.43. The van der Waals surface area contributed by atoms with Gasteiger partial charge < -0.3 is 10.3 Å². The Balaban J connectivity index is 2.54. The SMILES string of the molecule is Cn1cncc1C(C)(CCN)c1cccc(F)c1. The average Bonchev–Trinajstić information content (AvgIpc) is 2.76. The van der Waals surface area contributed by atoms with Crippen molar-refractivity contribution in [2.45, 2.75) is 18.8 Å². The van der Waals surface area contributed by atoms with Crippen molar-refractivity contribution in [3.05, 3.63) is 53.9 Å². The summed E-state index contributed by atoms with van der Waals surface area (Å²) in [4.78, 5) is 4.15. The Bertz CT molecular complexity index is 535. The summed E-state index contributed by atoms with van der Waals surface area (Å²) in [5.41, 5.74) is 7.37. The molecule has 0 fully saturated rings. The molecule has 0 saturated carbocycles. The lowest BCUT2D eigenvalue weighted by Gasteiger charge is -2.30. The molecule has 4 heteroatoms. The van der Waals surface area contributed by atoms with Gasteiger partial charge in [0, 0.05) is 24.4 Å². The third-order valence-electron chi connectivity index (χ3n) is 3.49. The third-order valence-corrected chi connectivity index (χ3v) is 3.49. The lowest BCUT2D eigenvalue weighted by atomic mass is 9.77. The molecule has 2 aromatic rings. The summed E-state index contributed by atoms with van der Waals surface area (Å²) < 4.78 is 15.4. The molecule has 1 unspecified atom stereocenters. The van der Waals surface area contributed by atoms with E-state index in [1.807, 2.05) is 23.9 Å². The molecule has 1 aromatic heterocycles. The average molecular weight is 247 g/mol. The molecule has 1 atom stereocenters. The fraction of sp³-hybridized carbons (Fsp3) is 0.357. The van der Waals surface area contributed by atoms with Crippen LogP contribution in [-0.4, -0.2) is 16.1 Å². The van der Waals surface area contributed by atoms with E-state index >= 15 is 0 Å². The van der Waals surface area contributed by atoms with Gasteiger partial charge in [-0.2, -0.15) is 0 Å². The van der Waals surface area contributed by atoms with Crippen LogP contribution in [-0.2, 0) is 12.5 Å². The van der Waals surface area contributed by atoms with E-state index in [-0.39, 0.29) is 11.2 Å². The number of rotatable bonds is 4. The van der Waals surface area contributed by atoms with Crippen molar-refractivity contribution < 1.29 is 4.39 Å². The molecule has 0 amide bonds. The number of benzene rings is 1. The smallest absolute Gasteiger partial charge is 0.123 e. The highest BCUT2D eigenvalue weighted by atomic mass is 19.1. The lowest BCUT2D eigenvalue weighted by molar-refractivity contribution is 0.490. The van der Waals surface area contributed by atoms with Crippen LogP contribution >= 0.6 is 0 Å². The van der Waals surface area contributed by atoms with E-state index in [4.69, 9.17) is 5.73 Å². The van der Waals surface area contributed by atoms with Crippen LogP contribution in [0.2, 0.25) is 0 Å². The number of aryl methyl sites for hydroxylation is 1. The van der Waals surface area contributed by atoms with Crippen LogP contribution in [0.15, 0.2) is 36.8 Å². The topological polar surface area (TPSA) is 43.8 Å². The van der Waals surface area contributed by atoms with E-state index in [9.17, 15) is 4.39 Å². The van der Waals surface area contributed by atoms with Crippen molar-refractivity contribution in [2.75, 3.05) is 6.54 Å². The van der Waals surface area contributed by atoms with E-state index < -0.39 is 0 Å². The van der Waals surface area contributed by atoms with Gasteiger partial charge in [0.1, 0.15) is 5.82 Å². The molecule has 1 aromatic carbocycles. The number of imidazole rings is 1. The molecule has 2 rings (SSSR count). The molecule has 0 radical (unpaired) electrons. The zero-order chi connectivity index (χ0) is 13.2. The lowest BCUT2D eigenvalue weighted by Crippen LogP contribution is -2.29. The highest BCUT2D eigenvalue weighted by molar-refractivity contribution is 5.34. The maximum atomic E-state index is 13.4. The van der Waals surface area contributed by atoms with E-state index in [1.54, 1.807) is 18.5 Å². The molecule has 0 aliphatic rings. The van der Waals surface area contributed by atoms with Crippen LogP contribution in [0.3, 0.4) is 0 Å². The first-order chi connectivity index (χ1) is 8.58. The monoisotopic (exact) mass is 247 g/mol. The van der Waals surface area contributed by atoms with Crippen molar-refractivity contribution in [3.63, 3.8) is 0 Å². The molecule has 18 heavy (non-hydrogen) atoms. The molecule has 3 nitrogen and oxygen atoms in total. The Hall–Kier alpha value is -1.68. The van der Waals surface area contributed by atoms with Gasteiger partial charge in [0.05, 0.1) is 6.33 Å². The van der Waals surface area contributed by atoms with Crippen molar-refractivity contribution in [1.29, 1.82) is 0 Å². The number of nitrogens with two attached hydrogens (primary N) is 1. The van der Waals surface area contributed by atoms with E-state index in [0.29, 0.717) is 6.54 Å². The van der Waals surface area contributed by atoms with Gasteiger partial charge >= 0.3 is 0 Å². The summed E-state index contributed by atoms with van der Waals surface area (Å²) in [5.74, 6) is -0.224. The number of hydrogen-bond acceptors (Lipinski definition) is 2. The first-order valence-electron chi connectivity index (χ1n) is 6.01. The Labute approximate surface area is 106 Å². The molecule has 0 aliphatic heterocycles. The van der Waals surface area contributed by atoms with Crippen LogP contribution in [0.25, 0.3) is 0 Å². The predicted octanol–water partition coefficient (Wildman–Crippen LogP) is 2.21. The number of hydrogen-bond donors (Lipinski definition) is 1. The number of halogens is 1. The summed E-state index contributed by atoms with van der Waals surface area (Å²) in [6.45, 7) is 2.61. The Morgan fingerprint density at radius 1 is 1.44 bits per heavy atom. The molecule has 0 aliphatic carbocycles. The molecule has 96 valence electrons. The Morgan fingerprint density at radius 2 is 2.22 bits per heavy atom. The highest BCUT2D eigenvalue weighted by Crippen LogP contribution is 2.34. The molecule has 1 heterocycles. The summed E-state index contributed by atoms with van der Waals surface area (Å²) in [7, 11) is 1.94.